The Morgan fingerprint density at radius 1 is 1.33 bits per heavy atom. The summed E-state index contributed by atoms with van der Waals surface area (Å²) in [6.45, 7) is 3.80. The van der Waals surface area contributed by atoms with Gasteiger partial charge in [0.15, 0.2) is 0 Å². The van der Waals surface area contributed by atoms with Gasteiger partial charge in [-0.05, 0) is 35.7 Å². The van der Waals surface area contributed by atoms with E-state index in [-0.39, 0.29) is 12.1 Å². The number of morpholine rings is 1. The van der Waals surface area contributed by atoms with Crippen LogP contribution in [0.25, 0.3) is 10.8 Å². The van der Waals surface area contributed by atoms with Crippen LogP contribution in [0.3, 0.4) is 0 Å². The summed E-state index contributed by atoms with van der Waals surface area (Å²) in [5, 5.41) is 14.9. The molecule has 2 N–H and O–H groups in total. The average Bonchev–Trinajstić information content (AvgIpc) is 2.59. The van der Waals surface area contributed by atoms with Gasteiger partial charge in [-0.1, -0.05) is 36.4 Å². The molecule has 24 heavy (non-hydrogen) atoms. The zero-order chi connectivity index (χ0) is 16.9. The van der Waals surface area contributed by atoms with Gasteiger partial charge in [0.05, 0.1) is 25.4 Å². The SMILES string of the molecule is C[C@@H](O)C[C@@H]1COCCN1C(=O)NCc1ccc2ccccc2c1. The highest BCUT2D eigenvalue weighted by molar-refractivity contribution is 5.83. The maximum atomic E-state index is 12.5. The van der Waals surface area contributed by atoms with Crippen molar-refractivity contribution in [1.29, 1.82) is 0 Å². The summed E-state index contributed by atoms with van der Waals surface area (Å²) in [6.07, 6.45) is 0.0797. The molecule has 0 aromatic heterocycles. The van der Waals surface area contributed by atoms with Crippen LogP contribution in [0.2, 0.25) is 0 Å². The van der Waals surface area contributed by atoms with Gasteiger partial charge in [-0.25, -0.2) is 4.79 Å². The molecule has 1 fully saturated rings. The van der Waals surface area contributed by atoms with Gasteiger partial charge in [-0.2, -0.15) is 0 Å². The van der Waals surface area contributed by atoms with Gasteiger partial charge in [-0.3, -0.25) is 0 Å². The smallest absolute Gasteiger partial charge is 0.318 e. The summed E-state index contributed by atoms with van der Waals surface area (Å²) < 4.78 is 5.44. The minimum Gasteiger partial charge on any atom is -0.393 e. The molecule has 3 rings (SSSR count). The van der Waals surface area contributed by atoms with E-state index in [4.69, 9.17) is 4.74 Å². The molecule has 1 heterocycles. The standard InChI is InChI=1S/C19H24N2O3/c1-14(22)10-18-13-24-9-8-21(18)19(23)20-12-15-6-7-16-4-2-3-5-17(16)11-15/h2-7,11,14,18,22H,8-10,12-13H2,1H3,(H,20,23)/t14-,18-/m1/s1. The largest absolute Gasteiger partial charge is 0.393 e. The molecule has 1 aliphatic heterocycles. The number of fused-ring (bicyclic) bond motifs is 1. The molecule has 0 spiro atoms. The number of nitrogens with zero attached hydrogens (tertiary/aromatic N) is 1. The van der Waals surface area contributed by atoms with Crippen molar-refractivity contribution in [3.63, 3.8) is 0 Å². The Kier molecular flexibility index (Phi) is 5.33. The fourth-order valence-corrected chi connectivity index (χ4v) is 3.14. The third-order valence-corrected chi connectivity index (χ3v) is 4.36. The Morgan fingerprint density at radius 3 is 2.92 bits per heavy atom. The number of rotatable bonds is 4. The van der Waals surface area contributed by atoms with Gasteiger partial charge < -0.3 is 20.1 Å². The zero-order valence-corrected chi connectivity index (χ0v) is 13.9. The number of benzene rings is 2. The van der Waals surface area contributed by atoms with Gasteiger partial charge in [0.25, 0.3) is 0 Å². The third kappa shape index (κ3) is 4.04. The Bertz CT molecular complexity index is 702. The van der Waals surface area contributed by atoms with Crippen LogP contribution in [0, 0.1) is 0 Å². The number of ether oxygens (including phenoxy) is 1. The Morgan fingerprint density at radius 2 is 2.12 bits per heavy atom. The lowest BCUT2D eigenvalue weighted by molar-refractivity contribution is -0.00437. The van der Waals surface area contributed by atoms with Gasteiger partial charge in [0.2, 0.25) is 0 Å². The number of aliphatic hydroxyl groups is 1. The summed E-state index contributed by atoms with van der Waals surface area (Å²) in [6, 6.07) is 14.2. The lowest BCUT2D eigenvalue weighted by Gasteiger charge is -2.36. The molecule has 1 aliphatic rings. The number of nitrogens with one attached hydrogen (secondary N) is 1. The van der Waals surface area contributed by atoms with Crippen LogP contribution in [0.5, 0.6) is 0 Å². The number of carbonyl (C=O) groups excluding carboxylic acids is 1. The van der Waals surface area contributed by atoms with E-state index in [1.54, 1.807) is 11.8 Å². The fraction of sp³-hybridized carbons (Fsp3) is 0.421. The molecule has 0 unspecified atom stereocenters. The monoisotopic (exact) mass is 328 g/mol. The molecule has 2 atom stereocenters. The lowest BCUT2D eigenvalue weighted by atomic mass is 10.1. The average molecular weight is 328 g/mol. The van der Waals surface area contributed by atoms with E-state index in [1.807, 2.05) is 18.2 Å². The van der Waals surface area contributed by atoms with Gasteiger partial charge in [0.1, 0.15) is 0 Å². The topological polar surface area (TPSA) is 61.8 Å². The number of hydrogen-bond acceptors (Lipinski definition) is 3. The lowest BCUT2D eigenvalue weighted by Crippen LogP contribution is -2.53. The van der Waals surface area contributed by atoms with E-state index >= 15 is 0 Å². The van der Waals surface area contributed by atoms with E-state index in [0.29, 0.717) is 32.7 Å². The van der Waals surface area contributed by atoms with E-state index in [9.17, 15) is 9.90 Å². The molecule has 0 aliphatic carbocycles. The minimum atomic E-state index is -0.451. The molecule has 5 nitrogen and oxygen atoms in total. The van der Waals surface area contributed by atoms with Crippen LogP contribution >= 0.6 is 0 Å². The normalized spacial score (nSPS) is 19.2. The molecule has 0 saturated carbocycles. The highest BCUT2D eigenvalue weighted by Crippen LogP contribution is 2.16. The molecule has 1 saturated heterocycles. The summed E-state index contributed by atoms with van der Waals surface area (Å²) in [7, 11) is 0. The second-order valence-corrected chi connectivity index (χ2v) is 6.35. The first kappa shape index (κ1) is 16.7. The van der Waals surface area contributed by atoms with E-state index in [1.165, 1.54) is 10.8 Å². The van der Waals surface area contributed by atoms with E-state index < -0.39 is 6.10 Å². The highest BCUT2D eigenvalue weighted by Gasteiger charge is 2.28. The van der Waals surface area contributed by atoms with Gasteiger partial charge in [-0.15, -0.1) is 0 Å². The van der Waals surface area contributed by atoms with Crippen LogP contribution in [0.15, 0.2) is 42.5 Å². The molecule has 0 bridgehead atoms. The van der Waals surface area contributed by atoms with Crippen molar-refractivity contribution in [3.8, 4) is 0 Å². The Labute approximate surface area is 142 Å². The first-order valence-corrected chi connectivity index (χ1v) is 8.41. The van der Waals surface area contributed by atoms with Crippen LogP contribution < -0.4 is 5.32 Å². The molecule has 128 valence electrons. The van der Waals surface area contributed by atoms with Crippen molar-refractivity contribution in [3.05, 3.63) is 48.0 Å². The number of hydrogen-bond donors (Lipinski definition) is 2. The number of aliphatic hydroxyl groups excluding tert-OH is 1. The zero-order valence-electron chi connectivity index (χ0n) is 13.9. The van der Waals surface area contributed by atoms with Crippen molar-refractivity contribution in [2.24, 2.45) is 0 Å². The molecule has 2 aromatic rings. The first-order chi connectivity index (χ1) is 11.6. The first-order valence-electron chi connectivity index (χ1n) is 8.41. The van der Waals surface area contributed by atoms with Crippen molar-refractivity contribution >= 4 is 16.8 Å². The predicted molar refractivity (Wildman–Crippen MR) is 93.8 cm³/mol. The Hall–Kier alpha value is -2.11. The van der Waals surface area contributed by atoms with Crippen LogP contribution in [0.4, 0.5) is 4.79 Å². The maximum Gasteiger partial charge on any atom is 0.318 e. The van der Waals surface area contributed by atoms with E-state index in [2.05, 4.69) is 29.6 Å². The molecule has 2 aromatic carbocycles. The van der Waals surface area contributed by atoms with E-state index in [0.717, 1.165) is 5.56 Å². The summed E-state index contributed by atoms with van der Waals surface area (Å²) in [4.78, 5) is 14.3. The third-order valence-electron chi connectivity index (χ3n) is 4.36. The second kappa shape index (κ2) is 7.64. The molecule has 0 radical (unpaired) electrons. The maximum absolute atomic E-state index is 12.5. The molecular weight excluding hydrogens is 304 g/mol. The fourth-order valence-electron chi connectivity index (χ4n) is 3.14. The summed E-state index contributed by atoms with van der Waals surface area (Å²) >= 11 is 0. The molecular formula is C19H24N2O3. The van der Waals surface area contributed by atoms with Crippen molar-refractivity contribution in [2.75, 3.05) is 19.8 Å². The quantitative estimate of drug-likeness (QED) is 0.906. The Balaban J connectivity index is 1.62. The van der Waals surface area contributed by atoms with Gasteiger partial charge in [0, 0.05) is 13.1 Å². The van der Waals surface area contributed by atoms with Gasteiger partial charge >= 0.3 is 6.03 Å². The van der Waals surface area contributed by atoms with Crippen LogP contribution in [-0.2, 0) is 11.3 Å². The van der Waals surface area contributed by atoms with Crippen molar-refractivity contribution in [2.45, 2.75) is 32.0 Å². The number of amides is 2. The van der Waals surface area contributed by atoms with Crippen molar-refractivity contribution in [1.82, 2.24) is 10.2 Å². The molecule has 2 amide bonds. The number of carbonyl (C=O) groups is 1. The van der Waals surface area contributed by atoms with Crippen molar-refractivity contribution < 1.29 is 14.6 Å². The second-order valence-electron chi connectivity index (χ2n) is 6.35. The highest BCUT2D eigenvalue weighted by atomic mass is 16.5. The van der Waals surface area contributed by atoms with Crippen LogP contribution in [0.1, 0.15) is 18.9 Å². The van der Waals surface area contributed by atoms with Crippen LogP contribution in [-0.4, -0.2) is 47.9 Å². The molecule has 5 heteroatoms. The minimum absolute atomic E-state index is 0.0737. The number of urea groups is 1. The summed E-state index contributed by atoms with van der Waals surface area (Å²) in [5.74, 6) is 0. The predicted octanol–water partition coefficient (Wildman–Crippen LogP) is 2.52. The summed E-state index contributed by atoms with van der Waals surface area (Å²) in [5.41, 5.74) is 1.07.